The SMILES string of the molecule is CCCCN(CCCC)C(CC)Oc1ccc(-c2cn3c(C)cc(C)cc3n2)cc1. The molecule has 0 saturated carbocycles. The lowest BCUT2D eigenvalue weighted by atomic mass is 10.1. The molecule has 0 N–H and O–H groups in total. The van der Waals surface area contributed by atoms with Crippen molar-refractivity contribution in [3.8, 4) is 17.0 Å². The summed E-state index contributed by atoms with van der Waals surface area (Å²) in [5.41, 5.74) is 5.55. The van der Waals surface area contributed by atoms with Gasteiger partial charge in [-0.3, -0.25) is 4.90 Å². The molecule has 0 aliphatic carbocycles. The normalized spacial score (nSPS) is 12.6. The Balaban J connectivity index is 1.74. The molecule has 2 aromatic heterocycles. The third-order valence-corrected chi connectivity index (χ3v) is 5.68. The van der Waals surface area contributed by atoms with Crippen molar-refractivity contribution in [2.75, 3.05) is 13.1 Å². The fourth-order valence-electron chi connectivity index (χ4n) is 3.96. The number of nitrogens with zero attached hydrogens (tertiary/aromatic N) is 3. The van der Waals surface area contributed by atoms with Gasteiger partial charge < -0.3 is 9.14 Å². The van der Waals surface area contributed by atoms with Gasteiger partial charge >= 0.3 is 0 Å². The van der Waals surface area contributed by atoms with Gasteiger partial charge in [-0.05, 0) is 75.1 Å². The van der Waals surface area contributed by atoms with Crippen molar-refractivity contribution in [1.82, 2.24) is 14.3 Å². The fraction of sp³-hybridized carbons (Fsp3) is 0.500. The number of aromatic nitrogens is 2. The van der Waals surface area contributed by atoms with Gasteiger partial charge in [0.05, 0.1) is 5.69 Å². The molecule has 30 heavy (non-hydrogen) atoms. The Morgan fingerprint density at radius 1 is 0.967 bits per heavy atom. The molecule has 4 nitrogen and oxygen atoms in total. The van der Waals surface area contributed by atoms with Crippen molar-refractivity contribution in [3.63, 3.8) is 0 Å². The number of pyridine rings is 1. The van der Waals surface area contributed by atoms with Gasteiger partial charge in [0, 0.05) is 30.5 Å². The van der Waals surface area contributed by atoms with Crippen LogP contribution >= 0.6 is 0 Å². The highest BCUT2D eigenvalue weighted by molar-refractivity contribution is 5.64. The molecular formula is C26H37N3O. The smallest absolute Gasteiger partial charge is 0.152 e. The van der Waals surface area contributed by atoms with Crippen molar-refractivity contribution in [2.24, 2.45) is 0 Å². The van der Waals surface area contributed by atoms with E-state index in [2.05, 4.69) is 86.5 Å². The molecule has 0 bridgehead atoms. The molecule has 3 rings (SSSR count). The number of unbranched alkanes of at least 4 members (excludes halogenated alkanes) is 2. The Labute approximate surface area is 181 Å². The number of hydrogen-bond acceptors (Lipinski definition) is 3. The van der Waals surface area contributed by atoms with Crippen LogP contribution in [0.15, 0.2) is 42.6 Å². The summed E-state index contributed by atoms with van der Waals surface area (Å²) in [6, 6.07) is 12.7. The lowest BCUT2D eigenvalue weighted by molar-refractivity contribution is 0.0202. The Bertz CT molecular complexity index is 921. The molecule has 0 fully saturated rings. The molecule has 2 heterocycles. The van der Waals surface area contributed by atoms with Crippen LogP contribution in [0.2, 0.25) is 0 Å². The second-order valence-electron chi connectivity index (χ2n) is 8.28. The summed E-state index contributed by atoms with van der Waals surface area (Å²) in [7, 11) is 0. The molecule has 4 heteroatoms. The predicted molar refractivity (Wildman–Crippen MR) is 126 cm³/mol. The standard InChI is InChI=1S/C26H37N3O/c1-6-9-15-28(16-10-7-2)26(8-3)30-23-13-11-22(12-14-23)24-19-29-21(5)17-20(4)18-25(29)27-24/h11-14,17-19,26H,6-10,15-16H2,1-5H3. The lowest BCUT2D eigenvalue weighted by Gasteiger charge is -2.31. The van der Waals surface area contributed by atoms with E-state index in [4.69, 9.17) is 9.72 Å². The van der Waals surface area contributed by atoms with E-state index < -0.39 is 0 Å². The van der Waals surface area contributed by atoms with Gasteiger partial charge in [-0.15, -0.1) is 0 Å². The molecule has 1 aromatic carbocycles. The van der Waals surface area contributed by atoms with Crippen LogP contribution in [0.5, 0.6) is 5.75 Å². The second kappa shape index (κ2) is 10.6. The Morgan fingerprint density at radius 3 is 2.23 bits per heavy atom. The predicted octanol–water partition coefficient (Wildman–Crippen LogP) is 6.64. The van der Waals surface area contributed by atoms with Crippen LogP contribution in [0.25, 0.3) is 16.9 Å². The van der Waals surface area contributed by atoms with Crippen LogP contribution in [0.3, 0.4) is 0 Å². The van der Waals surface area contributed by atoms with Crippen LogP contribution in [0, 0.1) is 13.8 Å². The van der Waals surface area contributed by atoms with Gasteiger partial charge in [0.25, 0.3) is 0 Å². The average molecular weight is 408 g/mol. The largest absolute Gasteiger partial charge is 0.475 e. The summed E-state index contributed by atoms with van der Waals surface area (Å²) >= 11 is 0. The monoisotopic (exact) mass is 407 g/mol. The van der Waals surface area contributed by atoms with Crippen LogP contribution in [0.1, 0.15) is 64.1 Å². The van der Waals surface area contributed by atoms with E-state index >= 15 is 0 Å². The molecule has 0 aliphatic rings. The van der Waals surface area contributed by atoms with Gasteiger partial charge in [0.15, 0.2) is 6.23 Å². The Kier molecular flexibility index (Phi) is 7.92. The van der Waals surface area contributed by atoms with Gasteiger partial charge in [-0.1, -0.05) is 33.6 Å². The second-order valence-corrected chi connectivity index (χ2v) is 8.28. The zero-order valence-corrected chi connectivity index (χ0v) is 19.3. The van der Waals surface area contributed by atoms with E-state index in [0.29, 0.717) is 0 Å². The van der Waals surface area contributed by atoms with E-state index in [9.17, 15) is 0 Å². The fourth-order valence-corrected chi connectivity index (χ4v) is 3.96. The minimum absolute atomic E-state index is 0.134. The lowest BCUT2D eigenvalue weighted by Crippen LogP contribution is -2.40. The van der Waals surface area contributed by atoms with E-state index in [1.54, 1.807) is 0 Å². The molecule has 162 valence electrons. The van der Waals surface area contributed by atoms with Crippen molar-refractivity contribution in [1.29, 1.82) is 0 Å². The summed E-state index contributed by atoms with van der Waals surface area (Å²) in [6.07, 6.45) is 8.10. The number of imidazole rings is 1. The molecular weight excluding hydrogens is 370 g/mol. The van der Waals surface area contributed by atoms with Crippen molar-refractivity contribution < 1.29 is 4.74 Å². The molecule has 0 amide bonds. The number of hydrogen-bond donors (Lipinski definition) is 0. The minimum Gasteiger partial charge on any atom is -0.475 e. The number of benzene rings is 1. The summed E-state index contributed by atoms with van der Waals surface area (Å²) in [6.45, 7) is 13.2. The molecule has 1 unspecified atom stereocenters. The summed E-state index contributed by atoms with van der Waals surface area (Å²) in [5.74, 6) is 0.930. The Hall–Kier alpha value is -2.33. The first-order valence-electron chi connectivity index (χ1n) is 11.5. The quantitative estimate of drug-likeness (QED) is 0.334. The number of rotatable bonds is 11. The van der Waals surface area contributed by atoms with E-state index in [-0.39, 0.29) is 6.23 Å². The maximum atomic E-state index is 6.40. The maximum Gasteiger partial charge on any atom is 0.152 e. The first-order chi connectivity index (χ1) is 14.5. The highest BCUT2D eigenvalue weighted by atomic mass is 16.5. The topological polar surface area (TPSA) is 29.8 Å². The number of fused-ring (bicyclic) bond motifs is 1. The third-order valence-electron chi connectivity index (χ3n) is 5.68. The van der Waals surface area contributed by atoms with Gasteiger partial charge in [0.1, 0.15) is 11.4 Å². The average Bonchev–Trinajstić information content (AvgIpc) is 3.17. The highest BCUT2D eigenvalue weighted by Gasteiger charge is 2.18. The number of aryl methyl sites for hydroxylation is 2. The summed E-state index contributed by atoms with van der Waals surface area (Å²) in [5, 5.41) is 0. The third kappa shape index (κ3) is 5.42. The molecule has 3 aromatic rings. The zero-order chi connectivity index (χ0) is 21.5. The molecule has 0 saturated heterocycles. The van der Waals surface area contributed by atoms with Gasteiger partial charge in [-0.2, -0.15) is 0 Å². The van der Waals surface area contributed by atoms with Crippen LogP contribution in [-0.4, -0.2) is 33.6 Å². The minimum atomic E-state index is 0.134. The van der Waals surface area contributed by atoms with Gasteiger partial charge in [-0.25, -0.2) is 4.98 Å². The first kappa shape index (κ1) is 22.4. The van der Waals surface area contributed by atoms with Crippen LogP contribution in [-0.2, 0) is 0 Å². The number of ether oxygens (including phenoxy) is 1. The van der Waals surface area contributed by atoms with Gasteiger partial charge in [0.2, 0.25) is 0 Å². The van der Waals surface area contributed by atoms with E-state index in [0.717, 1.165) is 42.2 Å². The van der Waals surface area contributed by atoms with Crippen LogP contribution < -0.4 is 4.74 Å². The van der Waals surface area contributed by atoms with E-state index in [1.807, 2.05) is 0 Å². The summed E-state index contributed by atoms with van der Waals surface area (Å²) in [4.78, 5) is 7.33. The molecule has 1 atom stereocenters. The molecule has 0 spiro atoms. The van der Waals surface area contributed by atoms with Crippen molar-refractivity contribution >= 4 is 5.65 Å². The first-order valence-corrected chi connectivity index (χ1v) is 11.5. The molecule has 0 aliphatic heterocycles. The van der Waals surface area contributed by atoms with Crippen molar-refractivity contribution in [2.45, 2.75) is 73.0 Å². The highest BCUT2D eigenvalue weighted by Crippen LogP contribution is 2.25. The van der Waals surface area contributed by atoms with E-state index in [1.165, 1.54) is 36.9 Å². The van der Waals surface area contributed by atoms with Crippen molar-refractivity contribution in [3.05, 3.63) is 53.9 Å². The Morgan fingerprint density at radius 2 is 1.63 bits per heavy atom. The zero-order valence-electron chi connectivity index (χ0n) is 19.3. The maximum absolute atomic E-state index is 6.40. The van der Waals surface area contributed by atoms with Crippen LogP contribution in [0.4, 0.5) is 0 Å². The summed E-state index contributed by atoms with van der Waals surface area (Å²) < 4.78 is 8.56. The molecule has 0 radical (unpaired) electrons.